The van der Waals surface area contributed by atoms with Gasteiger partial charge in [0.2, 0.25) is 0 Å². The minimum absolute atomic E-state index is 0.0278. The summed E-state index contributed by atoms with van der Waals surface area (Å²) >= 11 is 6.91. The maximum Gasteiger partial charge on any atom is 0.356 e. The van der Waals surface area contributed by atoms with Gasteiger partial charge in [0.25, 0.3) is 0 Å². The van der Waals surface area contributed by atoms with E-state index in [1.54, 1.807) is 50.4 Å². The molecule has 4 aromatic heterocycles. The molecule has 0 aliphatic heterocycles. The molecule has 6 rings (SSSR count). The zero-order valence-corrected chi connectivity index (χ0v) is 30.2. The van der Waals surface area contributed by atoms with Crippen LogP contribution in [0, 0.1) is 13.8 Å². The molecule has 0 aliphatic carbocycles. The smallest absolute Gasteiger partial charge is 0.356 e. The van der Waals surface area contributed by atoms with Gasteiger partial charge in [-0.3, -0.25) is 9.13 Å². The molecule has 0 aliphatic rings. The molecule has 0 spiro atoms. The molecule has 0 saturated heterocycles. The Labute approximate surface area is 299 Å². The van der Waals surface area contributed by atoms with E-state index in [0.717, 1.165) is 43.0 Å². The zero-order chi connectivity index (χ0) is 35.2. The minimum Gasteiger partial charge on any atom is -0.507 e. The number of phenols is 1. The van der Waals surface area contributed by atoms with Crippen molar-refractivity contribution < 1.29 is 29.3 Å². The predicted molar refractivity (Wildman–Crippen MR) is 194 cm³/mol. The summed E-state index contributed by atoms with van der Waals surface area (Å²) < 4.78 is 16.2. The summed E-state index contributed by atoms with van der Waals surface area (Å²) in [6.45, 7) is 5.98. The number of rotatable bonds is 8. The lowest BCUT2D eigenvalue weighted by molar-refractivity contribution is 0.0519. The van der Waals surface area contributed by atoms with Gasteiger partial charge in [-0.25, -0.2) is 19.6 Å². The van der Waals surface area contributed by atoms with Crippen molar-refractivity contribution in [1.82, 2.24) is 19.1 Å². The second kappa shape index (κ2) is 15.3. The maximum absolute atomic E-state index is 12.0. The van der Waals surface area contributed by atoms with Gasteiger partial charge < -0.3 is 19.7 Å². The SMILES string of the molecule is CCOC(=O)c1cccc(-n2c(C)ccc2-c2cc(Br)ccc2OC)n1.Cc1ccc(-c2cc(Br)ccc2O)n1-c1cccc(C(=O)O)n1. The van der Waals surface area contributed by atoms with Gasteiger partial charge >= 0.3 is 11.9 Å². The molecule has 0 fully saturated rings. The van der Waals surface area contributed by atoms with Gasteiger partial charge in [-0.2, -0.15) is 0 Å². The number of nitrogens with zero attached hydrogens (tertiary/aromatic N) is 4. The molecule has 0 amide bonds. The molecule has 0 bridgehead atoms. The van der Waals surface area contributed by atoms with Crippen LogP contribution in [-0.2, 0) is 4.74 Å². The van der Waals surface area contributed by atoms with Crippen LogP contribution in [0.15, 0.2) is 106 Å². The van der Waals surface area contributed by atoms with Gasteiger partial charge in [-0.15, -0.1) is 0 Å². The van der Waals surface area contributed by atoms with Crippen LogP contribution < -0.4 is 4.74 Å². The number of aryl methyl sites for hydroxylation is 2. The molecular formula is C37H32Br2N4O6. The third-order valence-corrected chi connectivity index (χ3v) is 8.44. The minimum atomic E-state index is -1.08. The van der Waals surface area contributed by atoms with Crippen LogP contribution in [0.25, 0.3) is 34.2 Å². The van der Waals surface area contributed by atoms with Crippen LogP contribution in [0.4, 0.5) is 0 Å². The fraction of sp³-hybridized carbons (Fsp3) is 0.135. The van der Waals surface area contributed by atoms with E-state index >= 15 is 0 Å². The van der Waals surface area contributed by atoms with E-state index in [0.29, 0.717) is 23.8 Å². The average Bonchev–Trinajstić information content (AvgIpc) is 3.68. The number of carboxylic acids is 1. The third kappa shape index (κ3) is 7.76. The Balaban J connectivity index is 0.000000192. The number of pyridine rings is 2. The lowest BCUT2D eigenvalue weighted by atomic mass is 10.1. The third-order valence-electron chi connectivity index (χ3n) is 7.45. The molecular weight excluding hydrogens is 756 g/mol. The summed E-state index contributed by atoms with van der Waals surface area (Å²) in [5.74, 6) is 0.525. The summed E-state index contributed by atoms with van der Waals surface area (Å²) in [6.07, 6.45) is 0. The highest BCUT2D eigenvalue weighted by Gasteiger charge is 2.18. The number of esters is 1. The summed E-state index contributed by atoms with van der Waals surface area (Å²) in [6, 6.07) is 28.9. The normalized spacial score (nSPS) is 10.7. The molecule has 4 heterocycles. The number of halogens is 2. The van der Waals surface area contributed by atoms with E-state index in [9.17, 15) is 14.7 Å². The standard InChI is InChI=1S/C20H19BrN2O3.C17H13BrN2O3/c1-4-26-20(24)16-6-5-7-19(22-16)23-13(2)8-10-17(23)15-12-14(21)9-11-18(15)25-3;1-10-5-7-14(12-9-11(18)6-8-15(12)21)20(10)16-4-2-3-13(19-16)17(22)23/h5-12H,4H2,1-3H3;2-9,21H,1H3,(H,22,23). The van der Waals surface area contributed by atoms with Crippen molar-refractivity contribution in [3.05, 3.63) is 129 Å². The maximum atomic E-state index is 12.0. The summed E-state index contributed by atoms with van der Waals surface area (Å²) in [5, 5.41) is 19.3. The number of carbonyl (C=O) groups is 2. The fourth-order valence-electron chi connectivity index (χ4n) is 5.23. The molecule has 10 nitrogen and oxygen atoms in total. The lowest BCUT2D eigenvalue weighted by Crippen LogP contribution is -2.10. The topological polar surface area (TPSA) is 129 Å². The largest absolute Gasteiger partial charge is 0.507 e. The molecule has 6 aromatic rings. The highest BCUT2D eigenvalue weighted by atomic mass is 79.9. The van der Waals surface area contributed by atoms with E-state index in [-0.39, 0.29) is 17.1 Å². The van der Waals surface area contributed by atoms with E-state index < -0.39 is 11.9 Å². The van der Waals surface area contributed by atoms with Gasteiger partial charge in [0, 0.05) is 31.5 Å². The predicted octanol–water partition coefficient (Wildman–Crippen LogP) is 8.81. The molecule has 0 atom stereocenters. The van der Waals surface area contributed by atoms with Crippen LogP contribution >= 0.6 is 31.9 Å². The number of hydrogen-bond donors (Lipinski definition) is 2. The van der Waals surface area contributed by atoms with E-state index in [2.05, 4.69) is 41.8 Å². The molecule has 250 valence electrons. The van der Waals surface area contributed by atoms with Gasteiger partial charge in [0.1, 0.15) is 23.1 Å². The number of benzene rings is 2. The van der Waals surface area contributed by atoms with Crippen LogP contribution in [0.3, 0.4) is 0 Å². The van der Waals surface area contributed by atoms with Crippen molar-refractivity contribution >= 4 is 43.8 Å². The van der Waals surface area contributed by atoms with Crippen molar-refractivity contribution in [3.63, 3.8) is 0 Å². The highest BCUT2D eigenvalue weighted by molar-refractivity contribution is 9.10. The molecule has 0 radical (unpaired) electrons. The number of aromatic carboxylic acids is 1. The number of hydrogen-bond acceptors (Lipinski definition) is 7. The summed E-state index contributed by atoms with van der Waals surface area (Å²) in [5.41, 5.74) is 5.35. The first-order valence-corrected chi connectivity index (χ1v) is 16.7. The van der Waals surface area contributed by atoms with Gasteiger partial charge in [0.15, 0.2) is 11.4 Å². The molecule has 12 heteroatoms. The Kier molecular flexibility index (Phi) is 11.0. The lowest BCUT2D eigenvalue weighted by Gasteiger charge is -2.14. The van der Waals surface area contributed by atoms with Crippen LogP contribution in [0.5, 0.6) is 11.5 Å². The monoisotopic (exact) mass is 786 g/mol. The van der Waals surface area contributed by atoms with Gasteiger partial charge in [-0.05, 0) is 106 Å². The first-order chi connectivity index (χ1) is 23.5. The van der Waals surface area contributed by atoms with E-state index in [1.165, 1.54) is 6.07 Å². The summed E-state index contributed by atoms with van der Waals surface area (Å²) in [7, 11) is 1.65. The summed E-state index contributed by atoms with van der Waals surface area (Å²) in [4.78, 5) is 31.9. The molecule has 49 heavy (non-hydrogen) atoms. The average molecular weight is 788 g/mol. The second-order valence-corrected chi connectivity index (χ2v) is 12.5. The Hall–Kier alpha value is -5.20. The number of phenolic OH excluding ortho intramolecular Hbond substituents is 1. The van der Waals surface area contributed by atoms with Crippen molar-refractivity contribution in [2.45, 2.75) is 20.8 Å². The first kappa shape index (κ1) is 35.1. The molecule has 2 aromatic carbocycles. The number of aromatic hydroxyl groups is 1. The van der Waals surface area contributed by atoms with Gasteiger partial charge in [0.05, 0.1) is 25.1 Å². The van der Waals surface area contributed by atoms with Crippen molar-refractivity contribution in [2.24, 2.45) is 0 Å². The number of carboxylic acid groups (broad SMARTS) is 1. The first-order valence-electron chi connectivity index (χ1n) is 15.1. The van der Waals surface area contributed by atoms with E-state index in [4.69, 9.17) is 14.6 Å². The second-order valence-electron chi connectivity index (χ2n) is 10.7. The quantitative estimate of drug-likeness (QED) is 0.147. The Morgan fingerprint density at radius 3 is 1.84 bits per heavy atom. The van der Waals surface area contributed by atoms with E-state index in [1.807, 2.05) is 77.6 Å². The van der Waals surface area contributed by atoms with Crippen LogP contribution in [0.2, 0.25) is 0 Å². The molecule has 0 unspecified atom stereocenters. The number of methoxy groups -OCH3 is 1. The fourth-order valence-corrected chi connectivity index (χ4v) is 5.96. The van der Waals surface area contributed by atoms with Crippen LogP contribution in [0.1, 0.15) is 39.3 Å². The Bertz CT molecular complexity index is 2160. The Morgan fingerprint density at radius 1 is 0.735 bits per heavy atom. The van der Waals surface area contributed by atoms with Crippen LogP contribution in [-0.4, -0.2) is 55.0 Å². The molecule has 2 N–H and O–H groups in total. The number of carbonyl (C=O) groups excluding carboxylic acids is 1. The van der Waals surface area contributed by atoms with Crippen molar-refractivity contribution in [3.8, 4) is 45.6 Å². The number of ether oxygens (including phenoxy) is 2. The van der Waals surface area contributed by atoms with Crippen molar-refractivity contribution in [2.75, 3.05) is 13.7 Å². The Morgan fingerprint density at radius 2 is 1.27 bits per heavy atom. The molecule has 0 saturated carbocycles. The number of aromatic nitrogens is 4. The highest BCUT2D eigenvalue weighted by Crippen LogP contribution is 2.36. The van der Waals surface area contributed by atoms with Gasteiger partial charge in [-0.1, -0.05) is 44.0 Å². The zero-order valence-electron chi connectivity index (χ0n) is 27.0. The van der Waals surface area contributed by atoms with Crippen molar-refractivity contribution in [1.29, 1.82) is 0 Å².